The standard InChI is InChI=1S/C16H14F2N2O3S/c17-12-5-6-14(18)15(10-12)19-16(21)11-3-1-4-13(9-11)20-7-2-8-24(20,22)23/h1,3-6,9-10H,2,7-8H2,(H,19,21). The molecule has 0 atom stereocenters. The van der Waals surface area contributed by atoms with Gasteiger partial charge in [0, 0.05) is 18.2 Å². The van der Waals surface area contributed by atoms with Gasteiger partial charge < -0.3 is 5.32 Å². The number of halogens is 2. The molecule has 0 aliphatic carbocycles. The van der Waals surface area contributed by atoms with Crippen LogP contribution in [0.25, 0.3) is 0 Å². The van der Waals surface area contributed by atoms with Gasteiger partial charge in [-0.25, -0.2) is 17.2 Å². The minimum Gasteiger partial charge on any atom is -0.319 e. The highest BCUT2D eigenvalue weighted by molar-refractivity contribution is 7.93. The molecule has 8 heteroatoms. The van der Waals surface area contributed by atoms with Crippen molar-refractivity contribution >= 4 is 27.3 Å². The third-order valence-electron chi connectivity index (χ3n) is 3.67. The van der Waals surface area contributed by atoms with E-state index in [1.165, 1.54) is 16.4 Å². The maximum atomic E-state index is 13.6. The van der Waals surface area contributed by atoms with Crippen molar-refractivity contribution in [2.45, 2.75) is 6.42 Å². The van der Waals surface area contributed by atoms with Gasteiger partial charge in [-0.1, -0.05) is 6.07 Å². The van der Waals surface area contributed by atoms with Crippen LogP contribution >= 0.6 is 0 Å². The number of sulfonamides is 1. The predicted molar refractivity (Wildman–Crippen MR) is 86.5 cm³/mol. The maximum Gasteiger partial charge on any atom is 0.255 e. The zero-order valence-corrected chi connectivity index (χ0v) is 13.3. The van der Waals surface area contributed by atoms with Crippen LogP contribution in [0, 0.1) is 11.6 Å². The molecule has 1 aliphatic heterocycles. The van der Waals surface area contributed by atoms with E-state index in [0.717, 1.165) is 18.2 Å². The Hall–Kier alpha value is -2.48. The third kappa shape index (κ3) is 3.23. The summed E-state index contributed by atoms with van der Waals surface area (Å²) < 4.78 is 51.9. The summed E-state index contributed by atoms with van der Waals surface area (Å²) in [5.74, 6) is -2.03. The highest BCUT2D eigenvalue weighted by Gasteiger charge is 2.28. The van der Waals surface area contributed by atoms with E-state index in [9.17, 15) is 22.0 Å². The minimum atomic E-state index is -3.36. The second-order valence-corrected chi connectivity index (χ2v) is 7.38. The summed E-state index contributed by atoms with van der Waals surface area (Å²) in [6, 6.07) is 8.75. The summed E-state index contributed by atoms with van der Waals surface area (Å²) in [4.78, 5) is 12.2. The zero-order chi connectivity index (χ0) is 17.3. The summed E-state index contributed by atoms with van der Waals surface area (Å²) in [5.41, 5.74) is 0.248. The Balaban J connectivity index is 1.86. The Morgan fingerprint density at radius 2 is 1.92 bits per heavy atom. The first-order valence-electron chi connectivity index (χ1n) is 7.24. The molecule has 0 saturated carbocycles. The van der Waals surface area contributed by atoms with Crippen LogP contribution in [-0.4, -0.2) is 26.6 Å². The van der Waals surface area contributed by atoms with Crippen LogP contribution in [0.15, 0.2) is 42.5 Å². The Bertz CT molecular complexity index is 900. The highest BCUT2D eigenvalue weighted by Crippen LogP contribution is 2.25. The van der Waals surface area contributed by atoms with Crippen molar-refractivity contribution in [3.05, 3.63) is 59.7 Å². The van der Waals surface area contributed by atoms with E-state index in [1.54, 1.807) is 12.1 Å². The van der Waals surface area contributed by atoms with E-state index in [0.29, 0.717) is 18.7 Å². The number of carbonyl (C=O) groups excluding carboxylic acids is 1. The van der Waals surface area contributed by atoms with Gasteiger partial charge >= 0.3 is 0 Å². The minimum absolute atomic E-state index is 0.0674. The molecule has 1 saturated heterocycles. The van der Waals surface area contributed by atoms with Crippen molar-refractivity contribution in [2.75, 3.05) is 21.9 Å². The smallest absolute Gasteiger partial charge is 0.255 e. The van der Waals surface area contributed by atoms with Crippen LogP contribution in [0.5, 0.6) is 0 Å². The highest BCUT2D eigenvalue weighted by atomic mass is 32.2. The third-order valence-corrected chi connectivity index (χ3v) is 5.54. The number of nitrogens with one attached hydrogen (secondary N) is 1. The van der Waals surface area contributed by atoms with Gasteiger partial charge in [-0.15, -0.1) is 0 Å². The number of amides is 1. The second-order valence-electron chi connectivity index (χ2n) is 5.37. The molecule has 2 aromatic carbocycles. The molecular weight excluding hydrogens is 338 g/mol. The van der Waals surface area contributed by atoms with E-state index >= 15 is 0 Å². The molecule has 2 aromatic rings. The van der Waals surface area contributed by atoms with Gasteiger partial charge in [0.25, 0.3) is 5.91 Å². The first kappa shape index (κ1) is 16.4. The van der Waals surface area contributed by atoms with Crippen molar-refractivity contribution in [3.8, 4) is 0 Å². The molecular formula is C16H14F2N2O3S. The molecule has 0 radical (unpaired) electrons. The average Bonchev–Trinajstić information content (AvgIpc) is 2.90. The normalized spacial score (nSPS) is 16.2. The van der Waals surface area contributed by atoms with E-state index in [1.807, 2.05) is 0 Å². The van der Waals surface area contributed by atoms with Crippen molar-refractivity contribution in [1.82, 2.24) is 0 Å². The van der Waals surface area contributed by atoms with E-state index in [4.69, 9.17) is 0 Å². The lowest BCUT2D eigenvalue weighted by atomic mass is 10.1. The fourth-order valence-electron chi connectivity index (χ4n) is 2.52. The van der Waals surface area contributed by atoms with Crippen LogP contribution < -0.4 is 9.62 Å². The van der Waals surface area contributed by atoms with Crippen molar-refractivity contribution in [2.24, 2.45) is 0 Å². The van der Waals surface area contributed by atoms with Gasteiger partial charge in [0.05, 0.1) is 17.1 Å². The topological polar surface area (TPSA) is 66.5 Å². The van der Waals surface area contributed by atoms with Crippen LogP contribution in [-0.2, 0) is 10.0 Å². The molecule has 3 rings (SSSR count). The number of hydrogen-bond donors (Lipinski definition) is 1. The van der Waals surface area contributed by atoms with Crippen LogP contribution in [0.1, 0.15) is 16.8 Å². The fourth-order valence-corrected chi connectivity index (χ4v) is 4.08. The maximum absolute atomic E-state index is 13.6. The molecule has 5 nitrogen and oxygen atoms in total. The van der Waals surface area contributed by atoms with E-state index in [-0.39, 0.29) is 17.0 Å². The van der Waals surface area contributed by atoms with Gasteiger partial charge in [-0.05, 0) is 36.8 Å². The Kier molecular flexibility index (Phi) is 4.23. The van der Waals surface area contributed by atoms with Gasteiger partial charge in [0.15, 0.2) is 0 Å². The van der Waals surface area contributed by atoms with E-state index < -0.39 is 27.6 Å². The molecule has 1 heterocycles. The fraction of sp³-hybridized carbons (Fsp3) is 0.188. The molecule has 1 amide bonds. The molecule has 24 heavy (non-hydrogen) atoms. The average molecular weight is 352 g/mol. The largest absolute Gasteiger partial charge is 0.319 e. The van der Waals surface area contributed by atoms with Crippen LogP contribution in [0.2, 0.25) is 0 Å². The Labute approximate surface area is 138 Å². The lowest BCUT2D eigenvalue weighted by Gasteiger charge is -2.17. The Morgan fingerprint density at radius 1 is 1.12 bits per heavy atom. The Morgan fingerprint density at radius 3 is 2.62 bits per heavy atom. The lowest BCUT2D eigenvalue weighted by Crippen LogP contribution is -2.25. The summed E-state index contributed by atoms with van der Waals surface area (Å²) in [6.07, 6.45) is 0.521. The number of anilines is 2. The number of carbonyl (C=O) groups is 1. The summed E-state index contributed by atoms with van der Waals surface area (Å²) in [5, 5.41) is 2.28. The van der Waals surface area contributed by atoms with Gasteiger partial charge in [-0.2, -0.15) is 0 Å². The molecule has 0 spiro atoms. The SMILES string of the molecule is O=C(Nc1cc(F)ccc1F)c1cccc(N2CCCS2(=O)=O)c1. The first-order chi connectivity index (χ1) is 11.4. The van der Waals surface area contributed by atoms with Crippen molar-refractivity contribution < 1.29 is 22.0 Å². The molecule has 126 valence electrons. The van der Waals surface area contributed by atoms with Gasteiger partial charge in [-0.3, -0.25) is 9.10 Å². The summed E-state index contributed by atoms with van der Waals surface area (Å²) in [7, 11) is -3.36. The summed E-state index contributed by atoms with van der Waals surface area (Å²) >= 11 is 0. The first-order valence-corrected chi connectivity index (χ1v) is 8.85. The monoisotopic (exact) mass is 352 g/mol. The molecule has 1 fully saturated rings. The zero-order valence-electron chi connectivity index (χ0n) is 12.5. The van der Waals surface area contributed by atoms with Crippen LogP contribution in [0.4, 0.5) is 20.2 Å². The van der Waals surface area contributed by atoms with Crippen molar-refractivity contribution in [1.29, 1.82) is 0 Å². The quantitative estimate of drug-likeness (QED) is 0.924. The van der Waals surface area contributed by atoms with Gasteiger partial charge in [0.1, 0.15) is 11.6 Å². The summed E-state index contributed by atoms with van der Waals surface area (Å²) in [6.45, 7) is 0.353. The molecule has 1 aliphatic rings. The van der Waals surface area contributed by atoms with E-state index in [2.05, 4.69) is 5.32 Å². The molecule has 0 bridgehead atoms. The second kappa shape index (κ2) is 6.20. The predicted octanol–water partition coefficient (Wildman–Crippen LogP) is 2.76. The molecule has 0 unspecified atom stereocenters. The number of nitrogens with zero attached hydrogens (tertiary/aromatic N) is 1. The van der Waals surface area contributed by atoms with Gasteiger partial charge in [0.2, 0.25) is 10.0 Å². The van der Waals surface area contributed by atoms with Crippen molar-refractivity contribution in [3.63, 3.8) is 0 Å². The molecule has 0 aromatic heterocycles. The number of rotatable bonds is 3. The van der Waals surface area contributed by atoms with Crippen LogP contribution in [0.3, 0.4) is 0 Å². The number of benzene rings is 2. The number of hydrogen-bond acceptors (Lipinski definition) is 3. The molecule has 1 N–H and O–H groups in total. The lowest BCUT2D eigenvalue weighted by molar-refractivity contribution is 0.102.